The van der Waals surface area contributed by atoms with Crippen LogP contribution in [0.3, 0.4) is 0 Å². The zero-order valence-electron chi connectivity index (χ0n) is 10.8. The van der Waals surface area contributed by atoms with Gasteiger partial charge in [0.05, 0.1) is 5.69 Å². The van der Waals surface area contributed by atoms with Gasteiger partial charge in [-0.2, -0.15) is 0 Å². The molecular weight excluding hydrogens is 303 g/mol. The van der Waals surface area contributed by atoms with Crippen molar-refractivity contribution in [1.29, 1.82) is 0 Å². The van der Waals surface area contributed by atoms with E-state index in [2.05, 4.69) is 10.3 Å². The summed E-state index contributed by atoms with van der Waals surface area (Å²) in [5, 5.41) is 3.36. The molecule has 106 valence electrons. The molecule has 0 spiro atoms. The number of anilines is 3. The minimum absolute atomic E-state index is 0.00158. The number of hydrogen-bond acceptors (Lipinski definition) is 5. The van der Waals surface area contributed by atoms with E-state index in [4.69, 9.17) is 17.3 Å². The van der Waals surface area contributed by atoms with Crippen molar-refractivity contribution in [3.8, 4) is 0 Å². The fraction of sp³-hybridized carbons (Fsp3) is 0.167. The summed E-state index contributed by atoms with van der Waals surface area (Å²) in [4.78, 5) is 18.1. The SMILES string of the molecule is CN(C)c1nc(N)c(C(=O)Nc2cc(Cl)ccc2F)s1. The van der Waals surface area contributed by atoms with Crippen molar-refractivity contribution in [3.05, 3.63) is 33.9 Å². The first-order chi connectivity index (χ1) is 9.38. The van der Waals surface area contributed by atoms with Gasteiger partial charge in [-0.1, -0.05) is 22.9 Å². The molecule has 0 radical (unpaired) electrons. The minimum Gasteiger partial charge on any atom is -0.382 e. The molecule has 20 heavy (non-hydrogen) atoms. The molecule has 0 atom stereocenters. The van der Waals surface area contributed by atoms with Gasteiger partial charge >= 0.3 is 0 Å². The first-order valence-electron chi connectivity index (χ1n) is 5.58. The molecule has 0 saturated heterocycles. The maximum atomic E-state index is 13.6. The normalized spacial score (nSPS) is 10.4. The number of hydrogen-bond donors (Lipinski definition) is 2. The van der Waals surface area contributed by atoms with Crippen LogP contribution < -0.4 is 16.0 Å². The van der Waals surface area contributed by atoms with Crippen LogP contribution in [-0.2, 0) is 0 Å². The molecule has 0 fully saturated rings. The van der Waals surface area contributed by atoms with Crippen LogP contribution in [0.4, 0.5) is 21.0 Å². The number of carbonyl (C=O) groups excluding carboxylic acids is 1. The molecule has 0 saturated carbocycles. The molecule has 0 unspecified atom stereocenters. The van der Waals surface area contributed by atoms with Crippen LogP contribution in [0.2, 0.25) is 5.02 Å². The largest absolute Gasteiger partial charge is 0.382 e. The minimum atomic E-state index is -0.571. The Morgan fingerprint density at radius 2 is 2.20 bits per heavy atom. The van der Waals surface area contributed by atoms with Gasteiger partial charge in [0.2, 0.25) is 0 Å². The lowest BCUT2D eigenvalue weighted by atomic mass is 10.3. The van der Waals surface area contributed by atoms with Crippen molar-refractivity contribution < 1.29 is 9.18 Å². The Labute approximate surface area is 124 Å². The van der Waals surface area contributed by atoms with Gasteiger partial charge in [-0.25, -0.2) is 9.37 Å². The third-order valence-electron chi connectivity index (χ3n) is 2.41. The third-order valence-corrected chi connectivity index (χ3v) is 3.88. The summed E-state index contributed by atoms with van der Waals surface area (Å²) >= 11 is 6.89. The number of carbonyl (C=O) groups is 1. The summed E-state index contributed by atoms with van der Waals surface area (Å²) in [6, 6.07) is 3.91. The van der Waals surface area contributed by atoms with E-state index >= 15 is 0 Å². The number of nitrogens with one attached hydrogen (secondary N) is 1. The average Bonchev–Trinajstić information content (AvgIpc) is 2.76. The molecular formula is C12H12ClFN4OS. The molecule has 1 aromatic heterocycles. The number of nitrogens with two attached hydrogens (primary N) is 1. The second-order valence-electron chi connectivity index (χ2n) is 4.18. The van der Waals surface area contributed by atoms with E-state index in [1.165, 1.54) is 18.2 Å². The fourth-order valence-electron chi connectivity index (χ4n) is 1.45. The lowest BCUT2D eigenvalue weighted by molar-refractivity contribution is 0.103. The van der Waals surface area contributed by atoms with Gasteiger partial charge in [-0.15, -0.1) is 0 Å². The third kappa shape index (κ3) is 3.00. The van der Waals surface area contributed by atoms with E-state index in [0.29, 0.717) is 10.2 Å². The van der Waals surface area contributed by atoms with Gasteiger partial charge in [0.25, 0.3) is 5.91 Å². The van der Waals surface area contributed by atoms with Crippen molar-refractivity contribution in [3.63, 3.8) is 0 Å². The number of benzene rings is 1. The molecule has 5 nitrogen and oxygen atoms in total. The van der Waals surface area contributed by atoms with Crippen molar-refractivity contribution >= 4 is 45.5 Å². The van der Waals surface area contributed by atoms with Gasteiger partial charge in [0.15, 0.2) is 5.13 Å². The predicted molar refractivity (Wildman–Crippen MR) is 80.2 cm³/mol. The highest BCUT2D eigenvalue weighted by molar-refractivity contribution is 7.18. The Morgan fingerprint density at radius 1 is 1.50 bits per heavy atom. The van der Waals surface area contributed by atoms with Gasteiger partial charge in [0, 0.05) is 19.1 Å². The van der Waals surface area contributed by atoms with Gasteiger partial charge in [-0.3, -0.25) is 4.79 Å². The smallest absolute Gasteiger partial charge is 0.269 e. The van der Waals surface area contributed by atoms with Crippen molar-refractivity contribution in [2.75, 3.05) is 30.0 Å². The molecule has 0 bridgehead atoms. The van der Waals surface area contributed by atoms with Crippen molar-refractivity contribution in [1.82, 2.24) is 4.98 Å². The second kappa shape index (κ2) is 5.64. The highest BCUT2D eigenvalue weighted by Gasteiger charge is 2.18. The summed E-state index contributed by atoms with van der Waals surface area (Å²) in [5.41, 5.74) is 5.70. The van der Waals surface area contributed by atoms with Crippen LogP contribution >= 0.6 is 22.9 Å². The fourth-order valence-corrected chi connectivity index (χ4v) is 2.42. The molecule has 8 heteroatoms. The monoisotopic (exact) mass is 314 g/mol. The Morgan fingerprint density at radius 3 is 2.80 bits per heavy atom. The molecule has 2 rings (SSSR count). The van der Waals surface area contributed by atoms with E-state index in [1.54, 1.807) is 19.0 Å². The van der Waals surface area contributed by atoms with E-state index in [-0.39, 0.29) is 16.4 Å². The highest BCUT2D eigenvalue weighted by atomic mass is 35.5. The molecule has 1 amide bonds. The lowest BCUT2D eigenvalue weighted by Crippen LogP contribution is -2.13. The Bertz CT molecular complexity index is 659. The number of nitrogen functional groups attached to an aromatic ring is 1. The Kier molecular flexibility index (Phi) is 4.10. The zero-order valence-corrected chi connectivity index (χ0v) is 12.3. The first-order valence-corrected chi connectivity index (χ1v) is 6.78. The van der Waals surface area contributed by atoms with Crippen LogP contribution in [0.5, 0.6) is 0 Å². The van der Waals surface area contributed by atoms with Gasteiger partial charge in [0.1, 0.15) is 16.5 Å². The topological polar surface area (TPSA) is 71.2 Å². The molecule has 0 aliphatic heterocycles. The summed E-state index contributed by atoms with van der Waals surface area (Å²) in [6.07, 6.45) is 0. The molecule has 3 N–H and O–H groups in total. The number of amides is 1. The van der Waals surface area contributed by atoms with Crippen LogP contribution in [0.15, 0.2) is 18.2 Å². The summed E-state index contributed by atoms with van der Waals surface area (Å²) < 4.78 is 13.6. The van der Waals surface area contributed by atoms with Gasteiger partial charge < -0.3 is 16.0 Å². The lowest BCUT2D eigenvalue weighted by Gasteiger charge is -2.06. The standard InChI is InChI=1S/C12H12ClFN4OS/c1-18(2)12-17-10(15)9(20-12)11(19)16-8-5-6(13)3-4-7(8)14/h3-5H,15H2,1-2H3,(H,16,19). The average molecular weight is 315 g/mol. The Balaban J connectivity index is 2.26. The summed E-state index contributed by atoms with van der Waals surface area (Å²) in [6.45, 7) is 0. The maximum absolute atomic E-state index is 13.6. The first kappa shape index (κ1) is 14.5. The zero-order chi connectivity index (χ0) is 14.9. The number of rotatable bonds is 3. The second-order valence-corrected chi connectivity index (χ2v) is 5.60. The van der Waals surface area contributed by atoms with Crippen LogP contribution in [-0.4, -0.2) is 25.0 Å². The summed E-state index contributed by atoms with van der Waals surface area (Å²) in [5.74, 6) is -0.980. The molecule has 1 heterocycles. The molecule has 2 aromatic rings. The molecule has 1 aromatic carbocycles. The van der Waals surface area contributed by atoms with E-state index in [0.717, 1.165) is 11.3 Å². The number of aromatic nitrogens is 1. The number of thiazole rings is 1. The highest BCUT2D eigenvalue weighted by Crippen LogP contribution is 2.28. The quantitative estimate of drug-likeness (QED) is 0.914. The maximum Gasteiger partial charge on any atom is 0.269 e. The Hall–Kier alpha value is -1.86. The van der Waals surface area contributed by atoms with E-state index in [9.17, 15) is 9.18 Å². The summed E-state index contributed by atoms with van der Waals surface area (Å²) in [7, 11) is 3.58. The van der Waals surface area contributed by atoms with E-state index in [1.807, 2.05) is 0 Å². The van der Waals surface area contributed by atoms with Crippen molar-refractivity contribution in [2.24, 2.45) is 0 Å². The predicted octanol–water partition coefficient (Wildman–Crippen LogP) is 2.84. The van der Waals surface area contributed by atoms with Crippen molar-refractivity contribution in [2.45, 2.75) is 0 Å². The van der Waals surface area contributed by atoms with Crippen LogP contribution in [0.1, 0.15) is 9.67 Å². The van der Waals surface area contributed by atoms with Crippen LogP contribution in [0.25, 0.3) is 0 Å². The molecule has 0 aliphatic rings. The van der Waals surface area contributed by atoms with Crippen LogP contribution in [0, 0.1) is 5.82 Å². The molecule has 0 aliphatic carbocycles. The number of halogens is 2. The van der Waals surface area contributed by atoms with E-state index < -0.39 is 11.7 Å². The van der Waals surface area contributed by atoms with Gasteiger partial charge in [-0.05, 0) is 18.2 Å². The number of nitrogens with zero attached hydrogens (tertiary/aromatic N) is 2.